The fourth-order valence-corrected chi connectivity index (χ4v) is 1.29. The molecule has 0 spiro atoms. The summed E-state index contributed by atoms with van der Waals surface area (Å²) in [5.74, 6) is 0.573. The first-order valence-corrected chi connectivity index (χ1v) is 4.72. The van der Waals surface area contributed by atoms with Crippen LogP contribution in [-0.4, -0.2) is 31.3 Å². The van der Waals surface area contributed by atoms with Gasteiger partial charge in [-0.3, -0.25) is 4.79 Å². The molecule has 0 aliphatic rings. The maximum absolute atomic E-state index is 11.5. The molecule has 0 aliphatic carbocycles. The molecular formula is C11H15NO3. The van der Waals surface area contributed by atoms with Gasteiger partial charge in [0.25, 0.3) is 5.91 Å². The summed E-state index contributed by atoms with van der Waals surface area (Å²) < 4.78 is 5.09. The van der Waals surface area contributed by atoms with Crippen LogP contribution in [0.4, 0.5) is 0 Å². The number of nitrogens with one attached hydrogen (secondary N) is 1. The highest BCUT2D eigenvalue weighted by molar-refractivity contribution is 5.94. The highest BCUT2D eigenvalue weighted by atomic mass is 16.5. The van der Waals surface area contributed by atoms with Gasteiger partial charge in [0.05, 0.1) is 13.7 Å². The number of methoxy groups -OCH3 is 1. The molecule has 1 amide bonds. The van der Waals surface area contributed by atoms with Crippen molar-refractivity contribution in [3.63, 3.8) is 0 Å². The lowest BCUT2D eigenvalue weighted by Gasteiger charge is -2.07. The second-order valence-electron chi connectivity index (χ2n) is 3.16. The average molecular weight is 209 g/mol. The number of ether oxygens (including phenoxy) is 1. The summed E-state index contributed by atoms with van der Waals surface area (Å²) >= 11 is 0. The molecule has 0 aliphatic heterocycles. The first kappa shape index (κ1) is 11.5. The highest BCUT2D eigenvalue weighted by Gasteiger charge is 2.06. The summed E-state index contributed by atoms with van der Waals surface area (Å²) in [6.07, 6.45) is 0. The monoisotopic (exact) mass is 209 g/mol. The number of carbonyl (C=O) groups is 1. The third-order valence-corrected chi connectivity index (χ3v) is 2.05. The van der Waals surface area contributed by atoms with Crippen LogP contribution >= 0.6 is 0 Å². The molecule has 1 aromatic carbocycles. The zero-order valence-corrected chi connectivity index (χ0v) is 8.91. The predicted molar refractivity (Wildman–Crippen MR) is 57.2 cm³/mol. The van der Waals surface area contributed by atoms with Gasteiger partial charge in [-0.2, -0.15) is 0 Å². The summed E-state index contributed by atoms with van der Waals surface area (Å²) in [4.78, 5) is 11.5. The molecule has 4 heteroatoms. The minimum Gasteiger partial charge on any atom is -0.496 e. The van der Waals surface area contributed by atoms with Crippen LogP contribution in [0.5, 0.6) is 5.75 Å². The van der Waals surface area contributed by atoms with Crippen molar-refractivity contribution in [1.29, 1.82) is 0 Å². The SMILES string of the molecule is COc1ccc(C(=O)NCCO)cc1C. The van der Waals surface area contributed by atoms with Crippen LogP contribution in [0, 0.1) is 6.92 Å². The lowest BCUT2D eigenvalue weighted by atomic mass is 10.1. The summed E-state index contributed by atoms with van der Waals surface area (Å²) in [7, 11) is 1.59. The average Bonchev–Trinajstić information content (AvgIpc) is 2.25. The standard InChI is InChI=1S/C11H15NO3/c1-8-7-9(3-4-10(8)15-2)11(14)12-5-6-13/h3-4,7,13H,5-6H2,1-2H3,(H,12,14). The van der Waals surface area contributed by atoms with Crippen molar-refractivity contribution in [2.24, 2.45) is 0 Å². The Bertz CT molecular complexity index is 350. The van der Waals surface area contributed by atoms with Gasteiger partial charge in [0.2, 0.25) is 0 Å². The second-order valence-corrected chi connectivity index (χ2v) is 3.16. The van der Waals surface area contributed by atoms with E-state index in [0.717, 1.165) is 11.3 Å². The fourth-order valence-electron chi connectivity index (χ4n) is 1.29. The van der Waals surface area contributed by atoms with Crippen molar-refractivity contribution in [2.45, 2.75) is 6.92 Å². The smallest absolute Gasteiger partial charge is 0.251 e. The first-order valence-electron chi connectivity index (χ1n) is 4.72. The van der Waals surface area contributed by atoms with Crippen LogP contribution in [0.1, 0.15) is 15.9 Å². The Balaban J connectivity index is 2.78. The third kappa shape index (κ3) is 2.95. The largest absolute Gasteiger partial charge is 0.496 e. The number of benzene rings is 1. The minimum absolute atomic E-state index is 0.0547. The Kier molecular flexibility index (Phi) is 4.12. The number of aliphatic hydroxyl groups is 1. The van der Waals surface area contributed by atoms with E-state index in [1.54, 1.807) is 25.3 Å². The summed E-state index contributed by atoms with van der Waals surface area (Å²) in [5, 5.41) is 11.1. The van der Waals surface area contributed by atoms with Crippen LogP contribution in [0.3, 0.4) is 0 Å². The van der Waals surface area contributed by atoms with Crippen LogP contribution in [-0.2, 0) is 0 Å². The molecule has 1 rings (SSSR count). The van der Waals surface area contributed by atoms with E-state index in [9.17, 15) is 4.79 Å². The van der Waals surface area contributed by atoms with Gasteiger partial charge in [0.1, 0.15) is 5.75 Å². The molecule has 0 atom stereocenters. The number of aryl methyl sites for hydroxylation is 1. The topological polar surface area (TPSA) is 58.6 Å². The van der Waals surface area contributed by atoms with Crippen LogP contribution < -0.4 is 10.1 Å². The van der Waals surface area contributed by atoms with Gasteiger partial charge in [-0.05, 0) is 30.7 Å². The zero-order chi connectivity index (χ0) is 11.3. The number of carbonyl (C=O) groups excluding carboxylic acids is 1. The number of hydrogen-bond donors (Lipinski definition) is 2. The van der Waals surface area contributed by atoms with Crippen LogP contribution in [0.25, 0.3) is 0 Å². The molecule has 1 aromatic rings. The Hall–Kier alpha value is -1.55. The fraction of sp³-hybridized carbons (Fsp3) is 0.364. The van der Waals surface area contributed by atoms with E-state index in [-0.39, 0.29) is 19.1 Å². The van der Waals surface area contributed by atoms with E-state index in [1.807, 2.05) is 6.92 Å². The van der Waals surface area contributed by atoms with E-state index < -0.39 is 0 Å². The van der Waals surface area contributed by atoms with Gasteiger partial charge >= 0.3 is 0 Å². The van der Waals surface area contributed by atoms with Gasteiger partial charge in [-0.15, -0.1) is 0 Å². The minimum atomic E-state index is -0.185. The highest BCUT2D eigenvalue weighted by Crippen LogP contribution is 2.18. The van der Waals surface area contributed by atoms with E-state index in [2.05, 4.69) is 5.32 Å². The molecule has 82 valence electrons. The maximum Gasteiger partial charge on any atom is 0.251 e. The molecule has 0 radical (unpaired) electrons. The Morgan fingerprint density at radius 3 is 2.80 bits per heavy atom. The zero-order valence-electron chi connectivity index (χ0n) is 8.91. The van der Waals surface area contributed by atoms with Crippen molar-refractivity contribution >= 4 is 5.91 Å². The molecule has 0 saturated carbocycles. The number of amides is 1. The predicted octanol–water partition coefficient (Wildman–Crippen LogP) is 0.726. The molecule has 0 aromatic heterocycles. The molecule has 0 unspecified atom stereocenters. The lowest BCUT2D eigenvalue weighted by Crippen LogP contribution is -2.26. The summed E-state index contributed by atoms with van der Waals surface area (Å²) in [6.45, 7) is 2.09. The van der Waals surface area contributed by atoms with E-state index in [0.29, 0.717) is 5.56 Å². The van der Waals surface area contributed by atoms with E-state index in [4.69, 9.17) is 9.84 Å². The summed E-state index contributed by atoms with van der Waals surface area (Å²) in [5.41, 5.74) is 1.48. The lowest BCUT2D eigenvalue weighted by molar-refractivity contribution is 0.0944. The van der Waals surface area contributed by atoms with Gasteiger partial charge in [0.15, 0.2) is 0 Å². The molecule has 2 N–H and O–H groups in total. The number of hydrogen-bond acceptors (Lipinski definition) is 3. The normalized spacial score (nSPS) is 9.80. The second kappa shape index (κ2) is 5.36. The van der Waals surface area contributed by atoms with Crippen molar-refractivity contribution in [3.8, 4) is 5.75 Å². The van der Waals surface area contributed by atoms with Gasteiger partial charge in [-0.25, -0.2) is 0 Å². The Morgan fingerprint density at radius 2 is 2.27 bits per heavy atom. The van der Waals surface area contributed by atoms with Gasteiger partial charge in [0, 0.05) is 12.1 Å². The molecule has 0 fully saturated rings. The third-order valence-electron chi connectivity index (χ3n) is 2.05. The van der Waals surface area contributed by atoms with Crippen LogP contribution in [0.2, 0.25) is 0 Å². The Morgan fingerprint density at radius 1 is 1.53 bits per heavy atom. The number of aliphatic hydroxyl groups excluding tert-OH is 1. The molecule has 4 nitrogen and oxygen atoms in total. The van der Waals surface area contributed by atoms with Gasteiger partial charge < -0.3 is 15.2 Å². The molecule has 0 saturated heterocycles. The van der Waals surface area contributed by atoms with Crippen molar-refractivity contribution in [2.75, 3.05) is 20.3 Å². The molecule has 0 bridgehead atoms. The van der Waals surface area contributed by atoms with E-state index in [1.165, 1.54) is 0 Å². The number of rotatable bonds is 4. The molecule has 15 heavy (non-hydrogen) atoms. The molecule has 0 heterocycles. The quantitative estimate of drug-likeness (QED) is 0.768. The van der Waals surface area contributed by atoms with Crippen molar-refractivity contribution in [3.05, 3.63) is 29.3 Å². The summed E-state index contributed by atoms with van der Waals surface area (Å²) in [6, 6.07) is 5.20. The van der Waals surface area contributed by atoms with E-state index >= 15 is 0 Å². The maximum atomic E-state index is 11.5. The molecular weight excluding hydrogens is 194 g/mol. The van der Waals surface area contributed by atoms with Crippen LogP contribution in [0.15, 0.2) is 18.2 Å². The van der Waals surface area contributed by atoms with Gasteiger partial charge in [-0.1, -0.05) is 0 Å². The van der Waals surface area contributed by atoms with Crippen molar-refractivity contribution < 1.29 is 14.6 Å². The van der Waals surface area contributed by atoms with Crippen molar-refractivity contribution in [1.82, 2.24) is 5.32 Å². The Labute approximate surface area is 88.9 Å². The first-order chi connectivity index (χ1) is 7.19.